The molecular formula is C23H25N. The van der Waals surface area contributed by atoms with Crippen LogP contribution in [0.1, 0.15) is 49.4 Å². The summed E-state index contributed by atoms with van der Waals surface area (Å²) in [6.45, 7) is 10.9. The minimum absolute atomic E-state index is 0.198. The van der Waals surface area contributed by atoms with Gasteiger partial charge in [0.1, 0.15) is 0 Å². The van der Waals surface area contributed by atoms with Gasteiger partial charge in [-0.3, -0.25) is 0 Å². The molecule has 0 aliphatic carbocycles. The first-order valence-corrected chi connectivity index (χ1v) is 8.60. The van der Waals surface area contributed by atoms with Crippen molar-refractivity contribution in [2.24, 2.45) is 0 Å². The molecular weight excluding hydrogens is 290 g/mol. The molecule has 1 nitrogen and oxygen atoms in total. The zero-order chi connectivity index (χ0) is 17.1. The molecule has 0 radical (unpaired) electrons. The van der Waals surface area contributed by atoms with E-state index in [-0.39, 0.29) is 6.04 Å². The Kier molecular flexibility index (Phi) is 4.71. The summed E-state index contributed by atoms with van der Waals surface area (Å²) in [5, 5.41) is 6.18. The lowest BCUT2D eigenvalue weighted by molar-refractivity contribution is 0.705. The van der Waals surface area contributed by atoms with E-state index >= 15 is 0 Å². The van der Waals surface area contributed by atoms with Crippen molar-refractivity contribution in [2.75, 3.05) is 0 Å². The molecule has 24 heavy (non-hydrogen) atoms. The molecule has 0 aliphatic heterocycles. The van der Waals surface area contributed by atoms with E-state index < -0.39 is 0 Å². The van der Waals surface area contributed by atoms with Gasteiger partial charge in [0.25, 0.3) is 0 Å². The molecule has 0 fully saturated rings. The van der Waals surface area contributed by atoms with Gasteiger partial charge in [-0.15, -0.1) is 0 Å². The lowest BCUT2D eigenvalue weighted by atomic mass is 9.94. The van der Waals surface area contributed by atoms with Crippen LogP contribution in [0.25, 0.3) is 16.5 Å². The minimum atomic E-state index is 0.198. The highest BCUT2D eigenvalue weighted by molar-refractivity contribution is 5.86. The lowest BCUT2D eigenvalue weighted by Gasteiger charge is -2.22. The van der Waals surface area contributed by atoms with Gasteiger partial charge in [0.15, 0.2) is 0 Å². The standard InChI is InChI=1S/C23H25N/c1-16(2)20-12-7-8-13-21(20)17(3)24-18(4)22-15-9-11-19-10-5-6-14-23(19)22/h5-16,18,24H,3H2,1-2,4H3/t18-/m1/s1. The Bertz CT molecular complexity index is 855. The highest BCUT2D eigenvalue weighted by atomic mass is 14.9. The third kappa shape index (κ3) is 3.21. The molecule has 0 saturated heterocycles. The van der Waals surface area contributed by atoms with Crippen molar-refractivity contribution in [1.82, 2.24) is 5.32 Å². The van der Waals surface area contributed by atoms with Crippen molar-refractivity contribution < 1.29 is 0 Å². The smallest absolute Gasteiger partial charge is 0.0491 e. The molecule has 1 N–H and O–H groups in total. The molecule has 0 spiro atoms. The summed E-state index contributed by atoms with van der Waals surface area (Å²) < 4.78 is 0. The highest BCUT2D eigenvalue weighted by Gasteiger charge is 2.13. The van der Waals surface area contributed by atoms with E-state index in [1.54, 1.807) is 0 Å². The molecule has 0 aliphatic rings. The van der Waals surface area contributed by atoms with Crippen LogP contribution in [-0.4, -0.2) is 0 Å². The minimum Gasteiger partial charge on any atom is -0.378 e. The Hall–Kier alpha value is -2.54. The van der Waals surface area contributed by atoms with Crippen LogP contribution < -0.4 is 5.32 Å². The average Bonchev–Trinajstić information content (AvgIpc) is 2.61. The number of nitrogens with one attached hydrogen (secondary N) is 1. The largest absolute Gasteiger partial charge is 0.378 e. The van der Waals surface area contributed by atoms with E-state index in [2.05, 4.69) is 99.4 Å². The predicted octanol–water partition coefficient (Wildman–Crippen LogP) is 6.28. The summed E-state index contributed by atoms with van der Waals surface area (Å²) in [5.74, 6) is 0.479. The van der Waals surface area contributed by atoms with E-state index in [0.717, 1.165) is 5.70 Å². The number of fused-ring (bicyclic) bond motifs is 1. The number of benzene rings is 3. The number of hydrogen-bond donors (Lipinski definition) is 1. The highest BCUT2D eigenvalue weighted by Crippen LogP contribution is 2.28. The van der Waals surface area contributed by atoms with Crippen LogP contribution in [0.2, 0.25) is 0 Å². The van der Waals surface area contributed by atoms with Gasteiger partial charge in [0.2, 0.25) is 0 Å². The predicted molar refractivity (Wildman–Crippen MR) is 105 cm³/mol. The Morgan fingerprint density at radius 1 is 0.792 bits per heavy atom. The summed E-state index contributed by atoms with van der Waals surface area (Å²) >= 11 is 0. The first-order valence-electron chi connectivity index (χ1n) is 8.60. The van der Waals surface area contributed by atoms with Gasteiger partial charge in [-0.25, -0.2) is 0 Å². The molecule has 0 amide bonds. The second-order valence-electron chi connectivity index (χ2n) is 6.65. The zero-order valence-electron chi connectivity index (χ0n) is 14.7. The van der Waals surface area contributed by atoms with E-state index in [9.17, 15) is 0 Å². The Labute approximate surface area is 145 Å². The zero-order valence-corrected chi connectivity index (χ0v) is 14.7. The monoisotopic (exact) mass is 315 g/mol. The second-order valence-corrected chi connectivity index (χ2v) is 6.65. The fourth-order valence-electron chi connectivity index (χ4n) is 3.32. The maximum absolute atomic E-state index is 4.30. The van der Waals surface area contributed by atoms with Crippen LogP contribution in [0.3, 0.4) is 0 Å². The molecule has 1 heteroatoms. The molecule has 0 aromatic heterocycles. The quantitative estimate of drug-likeness (QED) is 0.584. The van der Waals surface area contributed by atoms with Crippen molar-refractivity contribution in [2.45, 2.75) is 32.7 Å². The summed E-state index contributed by atoms with van der Waals surface area (Å²) in [4.78, 5) is 0. The van der Waals surface area contributed by atoms with Crippen LogP contribution >= 0.6 is 0 Å². The summed E-state index contributed by atoms with van der Waals surface area (Å²) in [7, 11) is 0. The van der Waals surface area contributed by atoms with Crippen molar-refractivity contribution >= 4 is 16.5 Å². The Morgan fingerprint density at radius 3 is 2.21 bits per heavy atom. The topological polar surface area (TPSA) is 12.0 Å². The van der Waals surface area contributed by atoms with Crippen LogP contribution in [0, 0.1) is 0 Å². The van der Waals surface area contributed by atoms with Crippen molar-refractivity contribution in [3.8, 4) is 0 Å². The fourth-order valence-corrected chi connectivity index (χ4v) is 3.32. The van der Waals surface area contributed by atoms with E-state index in [0.29, 0.717) is 5.92 Å². The van der Waals surface area contributed by atoms with Gasteiger partial charge in [-0.05, 0) is 34.7 Å². The van der Waals surface area contributed by atoms with E-state index in [1.165, 1.54) is 27.5 Å². The van der Waals surface area contributed by atoms with Crippen molar-refractivity contribution in [3.05, 3.63) is 90.0 Å². The van der Waals surface area contributed by atoms with Crippen LogP contribution in [0.5, 0.6) is 0 Å². The molecule has 1 atom stereocenters. The first kappa shape index (κ1) is 16.3. The Morgan fingerprint density at radius 2 is 1.42 bits per heavy atom. The molecule has 0 saturated carbocycles. The number of rotatable bonds is 5. The average molecular weight is 315 g/mol. The third-order valence-corrected chi connectivity index (χ3v) is 4.59. The molecule has 3 aromatic rings. The molecule has 0 unspecified atom stereocenters. The molecule has 0 heterocycles. The lowest BCUT2D eigenvalue weighted by Crippen LogP contribution is -2.17. The maximum atomic E-state index is 4.30. The molecule has 3 aromatic carbocycles. The maximum Gasteiger partial charge on any atom is 0.0491 e. The van der Waals surface area contributed by atoms with Gasteiger partial charge in [0, 0.05) is 17.3 Å². The van der Waals surface area contributed by atoms with E-state index in [4.69, 9.17) is 0 Å². The van der Waals surface area contributed by atoms with Gasteiger partial charge < -0.3 is 5.32 Å². The molecule has 0 bridgehead atoms. The third-order valence-electron chi connectivity index (χ3n) is 4.59. The van der Waals surface area contributed by atoms with Crippen LogP contribution in [0.15, 0.2) is 73.3 Å². The molecule has 122 valence electrons. The normalized spacial score (nSPS) is 12.3. The number of hydrogen-bond acceptors (Lipinski definition) is 1. The van der Waals surface area contributed by atoms with Crippen LogP contribution in [-0.2, 0) is 0 Å². The fraction of sp³-hybridized carbons (Fsp3) is 0.217. The Balaban J connectivity index is 1.89. The van der Waals surface area contributed by atoms with E-state index in [1.807, 2.05) is 0 Å². The van der Waals surface area contributed by atoms with Crippen molar-refractivity contribution in [1.29, 1.82) is 0 Å². The summed E-state index contributed by atoms with van der Waals surface area (Å²) in [6.07, 6.45) is 0. The summed E-state index contributed by atoms with van der Waals surface area (Å²) in [5.41, 5.74) is 4.83. The van der Waals surface area contributed by atoms with Gasteiger partial charge in [0.05, 0.1) is 0 Å². The summed E-state index contributed by atoms with van der Waals surface area (Å²) in [6, 6.07) is 23.7. The molecule has 3 rings (SSSR count). The van der Waals surface area contributed by atoms with Gasteiger partial charge >= 0.3 is 0 Å². The van der Waals surface area contributed by atoms with Crippen LogP contribution in [0.4, 0.5) is 0 Å². The van der Waals surface area contributed by atoms with Gasteiger partial charge in [-0.1, -0.05) is 87.2 Å². The second kappa shape index (κ2) is 6.92. The van der Waals surface area contributed by atoms with Crippen molar-refractivity contribution in [3.63, 3.8) is 0 Å². The SMILES string of the molecule is C=C(N[C@H](C)c1cccc2ccccc12)c1ccccc1C(C)C. The van der Waals surface area contributed by atoms with Gasteiger partial charge in [-0.2, -0.15) is 0 Å². The first-order chi connectivity index (χ1) is 11.6.